The summed E-state index contributed by atoms with van der Waals surface area (Å²) < 4.78 is 115. The zero-order valence-corrected chi connectivity index (χ0v) is 17.2. The van der Waals surface area contributed by atoms with Gasteiger partial charge in [0.05, 0.1) is 0 Å². The normalized spacial score (nSPS) is 10.2. The molecule has 0 fully saturated rings. The van der Waals surface area contributed by atoms with Gasteiger partial charge in [-0.3, -0.25) is 9.11 Å². The fourth-order valence-electron chi connectivity index (χ4n) is 0. The first kappa shape index (κ1) is 49.5. The van der Waals surface area contributed by atoms with Crippen molar-refractivity contribution in [2.75, 3.05) is 0 Å². The molecule has 2 radical (unpaired) electrons. The van der Waals surface area contributed by atoms with E-state index >= 15 is 0 Å². The van der Waals surface area contributed by atoms with Gasteiger partial charge < -0.3 is 29.7 Å². The van der Waals surface area contributed by atoms with E-state index in [9.17, 15) is 26.3 Å². The maximum absolute atomic E-state index is 10.7. The van der Waals surface area contributed by atoms with E-state index in [2.05, 4.69) is 0 Å². The average Bonchev–Trinajstić information content (AvgIpc) is 1.77. The second kappa shape index (κ2) is 15.4. The van der Waals surface area contributed by atoms with Crippen LogP contribution in [0.25, 0.3) is 0 Å². The summed E-state index contributed by atoms with van der Waals surface area (Å²) in [5.41, 5.74) is -11.1. The fraction of sp³-hybridized carbons (Fsp3) is 0.333. The maximum atomic E-state index is 10.7. The van der Waals surface area contributed by atoms with Gasteiger partial charge in [-0.2, -0.15) is 43.2 Å². The average molecular weight is 754 g/mol. The van der Waals surface area contributed by atoms with Crippen LogP contribution in [0.1, 0.15) is 0 Å². The molecule has 2 N–H and O–H groups in total. The van der Waals surface area contributed by atoms with Crippen LogP contribution in [-0.2, 0) is 65.0 Å². The molecule has 0 saturated carbocycles. The minimum atomic E-state index is -5.84. The molecule has 0 aromatic carbocycles. The van der Waals surface area contributed by atoms with Crippen LogP contribution >= 0.6 is 0 Å². The molecule has 154 valence electrons. The summed E-state index contributed by atoms with van der Waals surface area (Å²) in [5.74, 6) is 0. The monoisotopic (exact) mass is 754 g/mol. The molecule has 16 heteroatoms. The molecule has 0 rings (SSSR count). The SMILES string of the molecule is O=S(=O)(O)C(F)(F)F.O=S(=O)(O)C(F)(F)F.[Au].[Au].[CH3-].[CH3-].[CH3-].[CH3-]. The van der Waals surface area contributed by atoms with E-state index in [1.807, 2.05) is 0 Å². The van der Waals surface area contributed by atoms with E-state index in [4.69, 9.17) is 25.9 Å². The molecule has 0 heterocycles. The third-order valence-corrected chi connectivity index (χ3v) is 1.75. The van der Waals surface area contributed by atoms with E-state index in [-0.39, 0.29) is 74.5 Å². The van der Waals surface area contributed by atoms with Gasteiger partial charge in [0.1, 0.15) is 0 Å². The third kappa shape index (κ3) is 23.2. The predicted octanol–water partition coefficient (Wildman–Crippen LogP) is 2.58. The van der Waals surface area contributed by atoms with Gasteiger partial charge in [0, 0.05) is 44.8 Å². The van der Waals surface area contributed by atoms with Gasteiger partial charge in [0.25, 0.3) is 0 Å². The van der Waals surface area contributed by atoms with Crippen molar-refractivity contribution in [2.45, 2.75) is 11.0 Å². The first-order valence-electron chi connectivity index (χ1n) is 2.57. The van der Waals surface area contributed by atoms with E-state index < -0.39 is 31.3 Å². The van der Waals surface area contributed by atoms with Crippen molar-refractivity contribution in [3.05, 3.63) is 29.7 Å². The molecular formula is C6H14Au2F6O6S2-4. The molecule has 0 aliphatic heterocycles. The topological polar surface area (TPSA) is 109 Å². The van der Waals surface area contributed by atoms with Crippen molar-refractivity contribution in [2.24, 2.45) is 0 Å². The van der Waals surface area contributed by atoms with Crippen molar-refractivity contribution >= 4 is 20.2 Å². The van der Waals surface area contributed by atoms with Gasteiger partial charge >= 0.3 is 31.3 Å². The number of alkyl halides is 6. The number of hydrogen-bond acceptors (Lipinski definition) is 4. The van der Waals surface area contributed by atoms with Crippen LogP contribution in [0.5, 0.6) is 0 Å². The maximum Gasteiger partial charge on any atom is 0.522 e. The molecule has 0 aromatic heterocycles. The minimum Gasteiger partial charge on any atom is -0.358 e. The Hall–Kier alpha value is 0.881. The summed E-state index contributed by atoms with van der Waals surface area (Å²) in [6.45, 7) is 0. The second-order valence-electron chi connectivity index (χ2n) is 1.84. The molecule has 0 aliphatic carbocycles. The van der Waals surface area contributed by atoms with E-state index in [0.29, 0.717) is 0 Å². The molecule has 0 unspecified atom stereocenters. The quantitative estimate of drug-likeness (QED) is 0.130. The molecule has 0 saturated heterocycles. The Morgan fingerprint density at radius 3 is 0.591 bits per heavy atom. The van der Waals surface area contributed by atoms with Gasteiger partial charge in [-0.05, 0) is 0 Å². The Balaban J connectivity index is -0.0000000233. The van der Waals surface area contributed by atoms with Crippen LogP contribution in [0.15, 0.2) is 0 Å². The molecule has 6 nitrogen and oxygen atoms in total. The van der Waals surface area contributed by atoms with Crippen LogP contribution < -0.4 is 0 Å². The van der Waals surface area contributed by atoms with Gasteiger partial charge in [-0.25, -0.2) is 0 Å². The van der Waals surface area contributed by atoms with Crippen molar-refractivity contribution in [3.63, 3.8) is 0 Å². The Labute approximate surface area is 157 Å². The Bertz CT molecular complexity index is 388. The van der Waals surface area contributed by atoms with Gasteiger partial charge in [0.15, 0.2) is 0 Å². The number of halogens is 6. The summed E-state index contributed by atoms with van der Waals surface area (Å²) >= 11 is 0. The zero-order valence-electron chi connectivity index (χ0n) is 11.2. The Morgan fingerprint density at radius 1 is 0.545 bits per heavy atom. The largest absolute Gasteiger partial charge is 0.522 e. The van der Waals surface area contributed by atoms with E-state index in [0.717, 1.165) is 0 Å². The first-order chi connectivity index (χ1) is 6.50. The molecule has 0 bridgehead atoms. The van der Waals surface area contributed by atoms with Crippen molar-refractivity contribution < 1.29 is 97.0 Å². The Morgan fingerprint density at radius 2 is 0.591 bits per heavy atom. The molecule has 0 atom stereocenters. The second-order valence-corrected chi connectivity index (χ2v) is 4.67. The third-order valence-electron chi connectivity index (χ3n) is 0.585. The first-order valence-corrected chi connectivity index (χ1v) is 5.45. The van der Waals surface area contributed by atoms with Gasteiger partial charge in [-0.1, -0.05) is 0 Å². The van der Waals surface area contributed by atoms with Crippen molar-refractivity contribution in [1.82, 2.24) is 0 Å². The van der Waals surface area contributed by atoms with E-state index in [1.54, 1.807) is 0 Å². The van der Waals surface area contributed by atoms with Crippen LogP contribution in [-0.4, -0.2) is 37.0 Å². The molecule has 0 aliphatic rings. The summed E-state index contributed by atoms with van der Waals surface area (Å²) in [6.07, 6.45) is 0. The summed E-state index contributed by atoms with van der Waals surface area (Å²) in [4.78, 5) is 0. The van der Waals surface area contributed by atoms with Crippen LogP contribution in [0, 0.1) is 29.7 Å². The van der Waals surface area contributed by atoms with Crippen molar-refractivity contribution in [3.8, 4) is 0 Å². The molecular weight excluding hydrogens is 740 g/mol. The minimum absolute atomic E-state index is 0. The number of hydrogen-bond donors (Lipinski definition) is 2. The molecule has 0 spiro atoms. The van der Waals surface area contributed by atoms with Gasteiger partial charge in [-0.15, -0.1) is 0 Å². The summed E-state index contributed by atoms with van der Waals surface area (Å²) in [6, 6.07) is 0. The Kier molecular flexibility index (Phi) is 34.7. The standard InChI is InChI=1S/2CHF3O3S.4CH3.2Au/c2*2-1(3,4)8(5,6)7;;;;;;/h2*(H,5,6,7);4*1H3;;/q;;4*-1;;. The molecule has 0 amide bonds. The zero-order chi connectivity index (χ0) is 14.0. The summed E-state index contributed by atoms with van der Waals surface area (Å²) in [5, 5.41) is 0. The molecule has 22 heavy (non-hydrogen) atoms. The van der Waals surface area contributed by atoms with Crippen LogP contribution in [0.2, 0.25) is 0 Å². The van der Waals surface area contributed by atoms with Crippen LogP contribution in [0.4, 0.5) is 26.3 Å². The molecule has 0 aromatic rings. The number of rotatable bonds is 0. The van der Waals surface area contributed by atoms with Crippen LogP contribution in [0.3, 0.4) is 0 Å². The summed E-state index contributed by atoms with van der Waals surface area (Å²) in [7, 11) is -11.7. The van der Waals surface area contributed by atoms with Gasteiger partial charge in [0.2, 0.25) is 0 Å². The smallest absolute Gasteiger partial charge is 0.358 e. The van der Waals surface area contributed by atoms with E-state index in [1.165, 1.54) is 0 Å². The fourth-order valence-corrected chi connectivity index (χ4v) is 0. The predicted molar refractivity (Wildman–Crippen MR) is 60.9 cm³/mol. The van der Waals surface area contributed by atoms with Crippen molar-refractivity contribution in [1.29, 1.82) is 0 Å².